The van der Waals surface area contributed by atoms with E-state index >= 15 is 0 Å². The van der Waals surface area contributed by atoms with Crippen LogP contribution in [0.3, 0.4) is 0 Å². The Morgan fingerprint density at radius 1 is 1.47 bits per heavy atom. The largest absolute Gasteiger partial charge is 0.394 e. The Hall–Kier alpha value is -0.160. The molecular formula is C11H22N2O2. The lowest BCUT2D eigenvalue weighted by Gasteiger charge is -2.36. The molecule has 3 unspecified atom stereocenters. The van der Waals surface area contributed by atoms with E-state index in [-0.39, 0.29) is 12.1 Å². The average molecular weight is 214 g/mol. The minimum Gasteiger partial charge on any atom is -0.394 e. The van der Waals surface area contributed by atoms with Crippen LogP contribution in [0.1, 0.15) is 13.8 Å². The van der Waals surface area contributed by atoms with Crippen molar-refractivity contribution in [3.8, 4) is 0 Å². The van der Waals surface area contributed by atoms with Crippen molar-refractivity contribution in [1.82, 2.24) is 10.2 Å². The standard InChI is InChI=1S/C11H22N2O2/c1-11(2)10-4-12-3-8(10)5-13(11)6-9(15)7-14/h8-10,12,14-15H,3-7H2,1-2H3. The van der Waals surface area contributed by atoms with E-state index in [1.54, 1.807) is 0 Å². The monoisotopic (exact) mass is 214 g/mol. The van der Waals surface area contributed by atoms with Gasteiger partial charge < -0.3 is 15.5 Å². The summed E-state index contributed by atoms with van der Waals surface area (Å²) in [6.45, 7) is 8.17. The molecule has 88 valence electrons. The third kappa shape index (κ3) is 1.91. The van der Waals surface area contributed by atoms with E-state index in [0.717, 1.165) is 19.6 Å². The van der Waals surface area contributed by atoms with Crippen molar-refractivity contribution in [3.05, 3.63) is 0 Å². The highest BCUT2D eigenvalue weighted by Gasteiger charge is 2.49. The van der Waals surface area contributed by atoms with Gasteiger partial charge >= 0.3 is 0 Å². The molecule has 3 atom stereocenters. The van der Waals surface area contributed by atoms with Gasteiger partial charge in [-0.1, -0.05) is 0 Å². The summed E-state index contributed by atoms with van der Waals surface area (Å²) in [5, 5.41) is 21.8. The van der Waals surface area contributed by atoms with Gasteiger partial charge in [-0.15, -0.1) is 0 Å². The van der Waals surface area contributed by atoms with Gasteiger partial charge in [0.25, 0.3) is 0 Å². The van der Waals surface area contributed by atoms with Crippen molar-refractivity contribution >= 4 is 0 Å². The predicted octanol–water partition coefficient (Wildman–Crippen LogP) is -0.731. The quantitative estimate of drug-likeness (QED) is 0.580. The summed E-state index contributed by atoms with van der Waals surface area (Å²) in [5.74, 6) is 1.40. The smallest absolute Gasteiger partial charge is 0.0897 e. The molecule has 2 aliphatic heterocycles. The zero-order valence-corrected chi connectivity index (χ0v) is 9.61. The first-order chi connectivity index (χ1) is 7.05. The van der Waals surface area contributed by atoms with Crippen LogP contribution in [0.2, 0.25) is 0 Å². The van der Waals surface area contributed by atoms with Gasteiger partial charge in [-0.2, -0.15) is 0 Å². The Morgan fingerprint density at radius 2 is 2.20 bits per heavy atom. The van der Waals surface area contributed by atoms with Crippen LogP contribution in [-0.4, -0.2) is 59.5 Å². The first kappa shape index (κ1) is 11.3. The number of hydrogen-bond acceptors (Lipinski definition) is 4. The van der Waals surface area contributed by atoms with Gasteiger partial charge in [-0.25, -0.2) is 0 Å². The summed E-state index contributed by atoms with van der Waals surface area (Å²) in [6.07, 6.45) is -0.601. The number of nitrogens with one attached hydrogen (secondary N) is 1. The lowest BCUT2D eigenvalue weighted by Crippen LogP contribution is -2.48. The number of aliphatic hydroxyl groups is 2. The van der Waals surface area contributed by atoms with Crippen molar-refractivity contribution in [3.63, 3.8) is 0 Å². The highest BCUT2D eigenvalue weighted by atomic mass is 16.3. The SMILES string of the molecule is CC1(C)C2CNCC2CN1CC(O)CO. The third-order valence-corrected chi connectivity index (χ3v) is 4.16. The Kier molecular flexibility index (Phi) is 3.03. The van der Waals surface area contributed by atoms with Crippen molar-refractivity contribution < 1.29 is 10.2 Å². The summed E-state index contributed by atoms with van der Waals surface area (Å²) < 4.78 is 0. The molecule has 4 nitrogen and oxygen atoms in total. The van der Waals surface area contributed by atoms with E-state index < -0.39 is 6.10 Å². The minimum absolute atomic E-state index is 0.139. The molecule has 0 aromatic rings. The van der Waals surface area contributed by atoms with Gasteiger partial charge in [0.2, 0.25) is 0 Å². The van der Waals surface area contributed by atoms with Crippen LogP contribution >= 0.6 is 0 Å². The number of fused-ring (bicyclic) bond motifs is 1. The molecule has 4 heteroatoms. The van der Waals surface area contributed by atoms with E-state index in [0.29, 0.717) is 18.4 Å². The molecule has 0 radical (unpaired) electrons. The van der Waals surface area contributed by atoms with Gasteiger partial charge in [0.15, 0.2) is 0 Å². The summed E-state index contributed by atoms with van der Waals surface area (Å²) >= 11 is 0. The Balaban J connectivity index is 2.02. The van der Waals surface area contributed by atoms with Crippen LogP contribution in [0.25, 0.3) is 0 Å². The van der Waals surface area contributed by atoms with Crippen molar-refractivity contribution in [1.29, 1.82) is 0 Å². The number of nitrogens with zero attached hydrogens (tertiary/aromatic N) is 1. The first-order valence-electron chi connectivity index (χ1n) is 5.80. The highest BCUT2D eigenvalue weighted by molar-refractivity contribution is 5.04. The first-order valence-corrected chi connectivity index (χ1v) is 5.80. The zero-order valence-electron chi connectivity index (χ0n) is 9.61. The van der Waals surface area contributed by atoms with Crippen molar-refractivity contribution in [2.75, 3.05) is 32.8 Å². The van der Waals surface area contributed by atoms with E-state index in [9.17, 15) is 5.11 Å². The normalized spacial score (nSPS) is 36.8. The number of likely N-dealkylation sites (tertiary alicyclic amines) is 1. The van der Waals surface area contributed by atoms with Gasteiger partial charge in [-0.3, -0.25) is 4.90 Å². The number of rotatable bonds is 3. The maximum Gasteiger partial charge on any atom is 0.0897 e. The van der Waals surface area contributed by atoms with Crippen molar-refractivity contribution in [2.45, 2.75) is 25.5 Å². The third-order valence-electron chi connectivity index (χ3n) is 4.16. The second kappa shape index (κ2) is 4.01. The fraction of sp³-hybridized carbons (Fsp3) is 1.00. The molecule has 0 amide bonds. The Bertz CT molecular complexity index is 231. The maximum atomic E-state index is 9.51. The van der Waals surface area contributed by atoms with E-state index in [1.807, 2.05) is 0 Å². The van der Waals surface area contributed by atoms with Crippen LogP contribution in [0.15, 0.2) is 0 Å². The number of hydrogen-bond donors (Lipinski definition) is 3. The van der Waals surface area contributed by atoms with E-state index in [1.165, 1.54) is 0 Å². The number of aliphatic hydroxyl groups excluding tert-OH is 2. The molecule has 2 fully saturated rings. The van der Waals surface area contributed by atoms with Crippen LogP contribution in [0, 0.1) is 11.8 Å². The lowest BCUT2D eigenvalue weighted by atomic mass is 9.85. The van der Waals surface area contributed by atoms with Gasteiger partial charge in [0, 0.05) is 25.2 Å². The van der Waals surface area contributed by atoms with E-state index in [2.05, 4.69) is 24.1 Å². The van der Waals surface area contributed by atoms with Gasteiger partial charge in [0.1, 0.15) is 0 Å². The fourth-order valence-electron chi connectivity index (χ4n) is 3.13. The molecule has 0 spiro atoms. The summed E-state index contributed by atoms with van der Waals surface area (Å²) in [6, 6.07) is 0. The Labute approximate surface area is 91.3 Å². The molecule has 0 saturated carbocycles. The minimum atomic E-state index is -0.601. The highest BCUT2D eigenvalue weighted by Crippen LogP contribution is 2.40. The molecular weight excluding hydrogens is 192 g/mol. The topological polar surface area (TPSA) is 55.7 Å². The zero-order chi connectivity index (χ0) is 11.1. The summed E-state index contributed by atoms with van der Waals surface area (Å²) in [4.78, 5) is 2.32. The fourth-order valence-corrected chi connectivity index (χ4v) is 3.13. The Morgan fingerprint density at radius 3 is 2.80 bits per heavy atom. The summed E-state index contributed by atoms with van der Waals surface area (Å²) in [7, 11) is 0. The van der Waals surface area contributed by atoms with Crippen LogP contribution in [-0.2, 0) is 0 Å². The molecule has 0 aromatic heterocycles. The molecule has 2 heterocycles. The molecule has 15 heavy (non-hydrogen) atoms. The van der Waals surface area contributed by atoms with Crippen LogP contribution in [0.4, 0.5) is 0 Å². The average Bonchev–Trinajstić information content (AvgIpc) is 2.71. The number of β-amino-alcohol motifs (C(OH)–C–C–N with tert-alkyl or cyclic N) is 1. The molecule has 2 saturated heterocycles. The molecule has 0 bridgehead atoms. The van der Waals surface area contributed by atoms with Crippen molar-refractivity contribution in [2.24, 2.45) is 11.8 Å². The van der Waals surface area contributed by atoms with Gasteiger partial charge in [-0.05, 0) is 32.2 Å². The second-order valence-electron chi connectivity index (χ2n) is 5.42. The summed E-state index contributed by atoms with van der Waals surface area (Å²) in [5.41, 5.74) is 0.143. The molecule has 0 aromatic carbocycles. The maximum absolute atomic E-state index is 9.51. The molecule has 2 aliphatic rings. The lowest BCUT2D eigenvalue weighted by molar-refractivity contribution is 0.0312. The second-order valence-corrected chi connectivity index (χ2v) is 5.42. The molecule has 2 rings (SSSR count). The van der Waals surface area contributed by atoms with Crippen LogP contribution in [0.5, 0.6) is 0 Å². The molecule has 0 aliphatic carbocycles. The predicted molar refractivity (Wildman–Crippen MR) is 58.6 cm³/mol. The van der Waals surface area contributed by atoms with Crippen LogP contribution < -0.4 is 5.32 Å². The molecule has 3 N–H and O–H groups in total. The van der Waals surface area contributed by atoms with Gasteiger partial charge in [0.05, 0.1) is 12.7 Å². The van der Waals surface area contributed by atoms with E-state index in [4.69, 9.17) is 5.11 Å².